The number of hydrogen-bond acceptors (Lipinski definition) is 5. The summed E-state index contributed by atoms with van der Waals surface area (Å²) < 4.78 is 1.52. The molecule has 1 aliphatic heterocycles. The molecule has 3 rings (SSSR count). The number of carboxylic acid groups (broad SMARTS) is 1. The number of carboxylic acids is 1. The van der Waals surface area contributed by atoms with Crippen LogP contribution in [0.1, 0.15) is 31.2 Å². The summed E-state index contributed by atoms with van der Waals surface area (Å²) in [6.45, 7) is 0.418. The van der Waals surface area contributed by atoms with Crippen LogP contribution in [-0.2, 0) is 6.54 Å². The van der Waals surface area contributed by atoms with E-state index in [2.05, 4.69) is 9.97 Å². The number of carbonyl (C=O) groups excluding carboxylic acids is 2. The summed E-state index contributed by atoms with van der Waals surface area (Å²) in [7, 11) is 0. The fourth-order valence-corrected chi connectivity index (χ4v) is 2.15. The molecule has 2 aromatic rings. The Balaban J connectivity index is 1.73. The molecule has 0 saturated carbocycles. The molecule has 3 heterocycles. The lowest BCUT2D eigenvalue weighted by Crippen LogP contribution is -2.32. The lowest BCUT2D eigenvalue weighted by molar-refractivity contribution is 0.0643. The highest BCUT2D eigenvalue weighted by Crippen LogP contribution is 2.21. The van der Waals surface area contributed by atoms with Crippen LogP contribution in [0, 0.1) is 0 Å². The van der Waals surface area contributed by atoms with Gasteiger partial charge < -0.3 is 9.67 Å². The van der Waals surface area contributed by atoms with Crippen LogP contribution in [0.5, 0.6) is 0 Å². The van der Waals surface area contributed by atoms with Gasteiger partial charge in [0.25, 0.3) is 11.8 Å². The minimum atomic E-state index is -1.12. The first-order chi connectivity index (χ1) is 10.1. The first kappa shape index (κ1) is 13.0. The first-order valence-corrected chi connectivity index (χ1v) is 6.13. The third kappa shape index (κ3) is 2.16. The molecule has 0 unspecified atom stereocenters. The fourth-order valence-electron chi connectivity index (χ4n) is 2.15. The highest BCUT2D eigenvalue weighted by atomic mass is 16.4. The predicted molar refractivity (Wildman–Crippen MR) is 68.8 cm³/mol. The van der Waals surface area contributed by atoms with Gasteiger partial charge in [-0.25, -0.2) is 9.78 Å². The largest absolute Gasteiger partial charge is 0.476 e. The van der Waals surface area contributed by atoms with Crippen molar-refractivity contribution in [3.05, 3.63) is 47.8 Å². The normalized spacial score (nSPS) is 13.6. The first-order valence-electron chi connectivity index (χ1n) is 6.13. The Hall–Kier alpha value is -3.03. The number of aromatic carboxylic acids is 1. The van der Waals surface area contributed by atoms with E-state index in [1.807, 2.05) is 0 Å². The SMILES string of the molecule is O=C(O)c1cn(CCN2C(=O)c3ccncc3C2=O)cn1. The van der Waals surface area contributed by atoms with E-state index in [0.29, 0.717) is 11.1 Å². The van der Waals surface area contributed by atoms with Gasteiger partial charge in [0.2, 0.25) is 0 Å². The Bertz CT molecular complexity index is 717. The summed E-state index contributed by atoms with van der Waals surface area (Å²) in [5.74, 6) is -1.88. The zero-order valence-corrected chi connectivity index (χ0v) is 10.8. The maximum Gasteiger partial charge on any atom is 0.356 e. The van der Waals surface area contributed by atoms with Crippen molar-refractivity contribution in [1.82, 2.24) is 19.4 Å². The van der Waals surface area contributed by atoms with Crippen molar-refractivity contribution in [2.45, 2.75) is 6.54 Å². The summed E-state index contributed by atoms with van der Waals surface area (Å²) in [6.07, 6.45) is 5.53. The summed E-state index contributed by atoms with van der Waals surface area (Å²) in [5, 5.41) is 8.78. The number of pyridine rings is 1. The molecule has 0 saturated heterocycles. The second kappa shape index (κ2) is 4.82. The number of imidazole rings is 1. The highest BCUT2D eigenvalue weighted by Gasteiger charge is 2.35. The second-order valence-electron chi connectivity index (χ2n) is 4.49. The number of carbonyl (C=O) groups is 3. The summed E-state index contributed by atoms with van der Waals surface area (Å²) >= 11 is 0. The van der Waals surface area contributed by atoms with Gasteiger partial charge >= 0.3 is 5.97 Å². The molecule has 0 aromatic carbocycles. The quantitative estimate of drug-likeness (QED) is 0.809. The van der Waals surface area contributed by atoms with Gasteiger partial charge in [0.1, 0.15) is 0 Å². The van der Waals surface area contributed by atoms with Crippen molar-refractivity contribution in [1.29, 1.82) is 0 Å². The van der Waals surface area contributed by atoms with E-state index >= 15 is 0 Å². The van der Waals surface area contributed by atoms with E-state index in [-0.39, 0.29) is 30.6 Å². The fraction of sp³-hybridized carbons (Fsp3) is 0.154. The molecule has 0 atom stereocenters. The zero-order chi connectivity index (χ0) is 15.0. The van der Waals surface area contributed by atoms with Crippen molar-refractivity contribution < 1.29 is 19.5 Å². The van der Waals surface area contributed by atoms with Gasteiger partial charge in [-0.1, -0.05) is 0 Å². The molecule has 8 heteroatoms. The Kier molecular flexibility index (Phi) is 2.98. The maximum absolute atomic E-state index is 12.1. The number of aromatic nitrogens is 3. The topological polar surface area (TPSA) is 105 Å². The van der Waals surface area contributed by atoms with Gasteiger partial charge in [-0.15, -0.1) is 0 Å². The minimum Gasteiger partial charge on any atom is -0.476 e. The van der Waals surface area contributed by atoms with E-state index in [1.165, 1.54) is 35.6 Å². The molecule has 2 aromatic heterocycles. The van der Waals surface area contributed by atoms with Gasteiger partial charge in [-0.05, 0) is 6.07 Å². The maximum atomic E-state index is 12.1. The molecule has 8 nitrogen and oxygen atoms in total. The van der Waals surface area contributed by atoms with Crippen LogP contribution in [0.25, 0.3) is 0 Å². The van der Waals surface area contributed by atoms with E-state index in [4.69, 9.17) is 5.11 Å². The van der Waals surface area contributed by atoms with E-state index < -0.39 is 5.97 Å². The number of fused-ring (bicyclic) bond motifs is 1. The lowest BCUT2D eigenvalue weighted by atomic mass is 10.2. The standard InChI is InChI=1S/C13H10N4O4/c18-11-8-1-2-14-5-9(8)12(19)17(11)4-3-16-6-10(13(20)21)15-7-16/h1-2,5-7H,3-4H2,(H,20,21). The molecule has 1 N–H and O–H groups in total. The third-order valence-corrected chi connectivity index (χ3v) is 3.21. The number of hydrogen-bond donors (Lipinski definition) is 1. The molecule has 0 aliphatic carbocycles. The summed E-state index contributed by atoms with van der Waals surface area (Å²) in [6, 6.07) is 1.51. The Labute approximate surface area is 118 Å². The number of nitrogens with zero attached hydrogens (tertiary/aromatic N) is 4. The Morgan fingerprint density at radius 1 is 1.19 bits per heavy atom. The zero-order valence-electron chi connectivity index (χ0n) is 10.8. The Morgan fingerprint density at radius 3 is 2.62 bits per heavy atom. The number of rotatable bonds is 4. The van der Waals surface area contributed by atoms with Crippen LogP contribution in [-0.4, -0.2) is 48.9 Å². The van der Waals surface area contributed by atoms with Gasteiger partial charge in [0, 0.05) is 31.7 Å². The van der Waals surface area contributed by atoms with Gasteiger partial charge in [0.15, 0.2) is 5.69 Å². The van der Waals surface area contributed by atoms with Crippen LogP contribution in [0.15, 0.2) is 31.0 Å². The molecule has 0 bridgehead atoms. The van der Waals surface area contributed by atoms with Crippen molar-refractivity contribution in [3.8, 4) is 0 Å². The van der Waals surface area contributed by atoms with Crippen LogP contribution in [0.3, 0.4) is 0 Å². The van der Waals surface area contributed by atoms with Crippen molar-refractivity contribution in [3.63, 3.8) is 0 Å². The molecule has 0 spiro atoms. The van der Waals surface area contributed by atoms with Crippen molar-refractivity contribution >= 4 is 17.8 Å². The summed E-state index contributed by atoms with van der Waals surface area (Å²) in [5.41, 5.74) is 0.549. The van der Waals surface area contributed by atoms with Crippen LogP contribution in [0.4, 0.5) is 0 Å². The van der Waals surface area contributed by atoms with Crippen molar-refractivity contribution in [2.24, 2.45) is 0 Å². The smallest absolute Gasteiger partial charge is 0.356 e. The molecule has 106 valence electrons. The van der Waals surface area contributed by atoms with Gasteiger partial charge in [-0.3, -0.25) is 19.5 Å². The van der Waals surface area contributed by atoms with Crippen molar-refractivity contribution in [2.75, 3.05) is 6.54 Å². The molecule has 2 amide bonds. The second-order valence-corrected chi connectivity index (χ2v) is 4.49. The minimum absolute atomic E-state index is 0.0819. The average molecular weight is 286 g/mol. The number of amides is 2. The monoisotopic (exact) mass is 286 g/mol. The predicted octanol–water partition coefficient (Wildman–Crippen LogP) is 0.273. The Morgan fingerprint density at radius 2 is 1.95 bits per heavy atom. The molecule has 0 fully saturated rings. The lowest BCUT2D eigenvalue weighted by Gasteiger charge is -2.13. The third-order valence-electron chi connectivity index (χ3n) is 3.21. The molecular weight excluding hydrogens is 276 g/mol. The average Bonchev–Trinajstić information content (AvgIpc) is 3.03. The molecule has 21 heavy (non-hydrogen) atoms. The summed E-state index contributed by atoms with van der Waals surface area (Å²) in [4.78, 5) is 43.6. The van der Waals surface area contributed by atoms with E-state index in [0.717, 1.165) is 4.90 Å². The molecule has 1 aliphatic rings. The number of imide groups is 1. The van der Waals surface area contributed by atoms with Gasteiger partial charge in [0.05, 0.1) is 17.5 Å². The van der Waals surface area contributed by atoms with Crippen LogP contribution >= 0.6 is 0 Å². The highest BCUT2D eigenvalue weighted by molar-refractivity contribution is 6.21. The molecular formula is C13H10N4O4. The van der Waals surface area contributed by atoms with Crippen LogP contribution < -0.4 is 0 Å². The van der Waals surface area contributed by atoms with E-state index in [1.54, 1.807) is 0 Å². The van der Waals surface area contributed by atoms with Gasteiger partial charge in [-0.2, -0.15) is 0 Å². The van der Waals surface area contributed by atoms with E-state index in [9.17, 15) is 14.4 Å². The molecule has 0 radical (unpaired) electrons. The van der Waals surface area contributed by atoms with Crippen LogP contribution in [0.2, 0.25) is 0 Å².